The van der Waals surface area contributed by atoms with E-state index in [0.29, 0.717) is 11.6 Å². The van der Waals surface area contributed by atoms with Crippen LogP contribution in [0, 0.1) is 11.8 Å². The molecule has 1 saturated carbocycles. The van der Waals surface area contributed by atoms with E-state index in [2.05, 4.69) is 10.6 Å². The van der Waals surface area contributed by atoms with Gasteiger partial charge in [-0.05, 0) is 62.8 Å². The summed E-state index contributed by atoms with van der Waals surface area (Å²) in [6.07, 6.45) is 5.29. The summed E-state index contributed by atoms with van der Waals surface area (Å²) in [4.78, 5) is 24.6. The molecule has 1 aliphatic heterocycles. The average Bonchev–Trinajstić information content (AvgIpc) is 3.15. The predicted molar refractivity (Wildman–Crippen MR) is 97.5 cm³/mol. The molecule has 0 spiro atoms. The normalized spacial score (nSPS) is 26.2. The number of hydrogen-bond acceptors (Lipinski definition) is 3. The molecule has 1 aliphatic carbocycles. The molecule has 3 rings (SSSR count). The van der Waals surface area contributed by atoms with Gasteiger partial charge in [0.15, 0.2) is 0 Å². The van der Waals surface area contributed by atoms with Gasteiger partial charge < -0.3 is 15.4 Å². The fourth-order valence-corrected chi connectivity index (χ4v) is 3.69. The van der Waals surface area contributed by atoms with E-state index >= 15 is 0 Å². The lowest BCUT2D eigenvalue weighted by Crippen LogP contribution is -2.38. The number of hydrogen-bond donors (Lipinski definition) is 2. The Bertz CT molecular complexity index is 591. The first-order valence-corrected chi connectivity index (χ1v) is 9.45. The van der Waals surface area contributed by atoms with Gasteiger partial charge in [0.2, 0.25) is 11.8 Å². The first-order valence-electron chi connectivity index (χ1n) is 9.07. The minimum absolute atomic E-state index is 0.0148. The number of ether oxygens (including phenoxy) is 1. The summed E-state index contributed by atoms with van der Waals surface area (Å²) in [5.41, 5.74) is 0.755. The summed E-state index contributed by atoms with van der Waals surface area (Å²) in [5.74, 6) is 0.117. The molecule has 1 unspecified atom stereocenters. The Hall–Kier alpha value is -1.59. The van der Waals surface area contributed by atoms with Gasteiger partial charge in [0.1, 0.15) is 0 Å². The Kier molecular flexibility index (Phi) is 6.32. The summed E-state index contributed by atoms with van der Waals surface area (Å²) in [5, 5.41) is 6.58. The smallest absolute Gasteiger partial charge is 0.227 e. The number of benzene rings is 1. The monoisotopic (exact) mass is 364 g/mol. The highest BCUT2D eigenvalue weighted by Gasteiger charge is 2.30. The van der Waals surface area contributed by atoms with E-state index in [1.807, 2.05) is 0 Å². The molecule has 2 amide bonds. The third kappa shape index (κ3) is 5.19. The molecule has 0 radical (unpaired) electrons. The minimum Gasteiger partial charge on any atom is -0.376 e. The first kappa shape index (κ1) is 18.2. The highest BCUT2D eigenvalue weighted by atomic mass is 35.5. The molecular formula is C19H25ClN2O3. The summed E-state index contributed by atoms with van der Waals surface area (Å²) < 4.78 is 5.53. The zero-order chi connectivity index (χ0) is 17.6. The van der Waals surface area contributed by atoms with Crippen molar-refractivity contribution in [3.8, 4) is 0 Å². The molecule has 136 valence electrons. The maximum absolute atomic E-state index is 12.4. The quantitative estimate of drug-likeness (QED) is 0.841. The summed E-state index contributed by atoms with van der Waals surface area (Å²) >= 11 is 5.85. The van der Waals surface area contributed by atoms with Crippen molar-refractivity contribution in [2.45, 2.75) is 44.6 Å². The highest BCUT2D eigenvalue weighted by molar-refractivity contribution is 6.30. The van der Waals surface area contributed by atoms with Crippen LogP contribution >= 0.6 is 11.6 Å². The molecule has 1 saturated heterocycles. The molecule has 2 N–H and O–H groups in total. The Morgan fingerprint density at radius 2 is 1.64 bits per heavy atom. The van der Waals surface area contributed by atoms with E-state index in [0.717, 1.165) is 50.8 Å². The van der Waals surface area contributed by atoms with Crippen LogP contribution in [-0.2, 0) is 14.3 Å². The topological polar surface area (TPSA) is 67.4 Å². The molecule has 2 aliphatic rings. The van der Waals surface area contributed by atoms with E-state index in [4.69, 9.17) is 16.3 Å². The number of halogens is 1. The molecule has 0 bridgehead atoms. The highest BCUT2D eigenvalue weighted by Crippen LogP contribution is 2.30. The van der Waals surface area contributed by atoms with Gasteiger partial charge in [-0.2, -0.15) is 0 Å². The zero-order valence-corrected chi connectivity index (χ0v) is 15.1. The van der Waals surface area contributed by atoms with Gasteiger partial charge in [-0.25, -0.2) is 0 Å². The lowest BCUT2D eigenvalue weighted by molar-refractivity contribution is -0.128. The van der Waals surface area contributed by atoms with Crippen molar-refractivity contribution in [1.29, 1.82) is 0 Å². The second-order valence-corrected chi connectivity index (χ2v) is 7.36. The number of anilines is 1. The first-order chi connectivity index (χ1) is 12.1. The molecule has 6 heteroatoms. The lowest BCUT2D eigenvalue weighted by atomic mass is 9.81. The predicted octanol–water partition coefficient (Wildman–Crippen LogP) is 3.38. The van der Waals surface area contributed by atoms with Crippen molar-refractivity contribution in [2.24, 2.45) is 11.8 Å². The van der Waals surface area contributed by atoms with Crippen LogP contribution in [0.1, 0.15) is 38.5 Å². The van der Waals surface area contributed by atoms with Crippen LogP contribution in [0.2, 0.25) is 5.02 Å². The Morgan fingerprint density at radius 3 is 2.24 bits per heavy atom. The molecular weight excluding hydrogens is 340 g/mol. The van der Waals surface area contributed by atoms with Crippen LogP contribution in [0.3, 0.4) is 0 Å². The van der Waals surface area contributed by atoms with Gasteiger partial charge in [0.05, 0.1) is 6.10 Å². The van der Waals surface area contributed by atoms with E-state index in [9.17, 15) is 9.59 Å². The lowest BCUT2D eigenvalue weighted by Gasteiger charge is -2.27. The number of carbonyl (C=O) groups excluding carboxylic acids is 2. The van der Waals surface area contributed by atoms with Crippen LogP contribution in [0.4, 0.5) is 5.69 Å². The van der Waals surface area contributed by atoms with Crippen molar-refractivity contribution in [3.63, 3.8) is 0 Å². The summed E-state index contributed by atoms with van der Waals surface area (Å²) in [6, 6.07) is 7.10. The Morgan fingerprint density at radius 1 is 1.00 bits per heavy atom. The molecule has 2 fully saturated rings. The van der Waals surface area contributed by atoms with Crippen LogP contribution in [-0.4, -0.2) is 31.1 Å². The largest absolute Gasteiger partial charge is 0.376 e. The maximum Gasteiger partial charge on any atom is 0.227 e. The van der Waals surface area contributed by atoms with Gasteiger partial charge in [-0.15, -0.1) is 0 Å². The Balaban J connectivity index is 1.40. The average molecular weight is 365 g/mol. The molecule has 1 aromatic carbocycles. The van der Waals surface area contributed by atoms with Crippen molar-refractivity contribution < 1.29 is 14.3 Å². The third-order valence-electron chi connectivity index (χ3n) is 5.11. The fourth-order valence-electron chi connectivity index (χ4n) is 3.56. The van der Waals surface area contributed by atoms with Crippen molar-refractivity contribution in [3.05, 3.63) is 29.3 Å². The van der Waals surface area contributed by atoms with Crippen LogP contribution in [0.25, 0.3) is 0 Å². The molecule has 5 nitrogen and oxygen atoms in total. The summed E-state index contributed by atoms with van der Waals surface area (Å²) in [6.45, 7) is 1.41. The van der Waals surface area contributed by atoms with Crippen LogP contribution in [0.5, 0.6) is 0 Å². The third-order valence-corrected chi connectivity index (χ3v) is 5.36. The number of carbonyl (C=O) groups is 2. The van der Waals surface area contributed by atoms with Gasteiger partial charge in [0.25, 0.3) is 0 Å². The molecule has 0 aromatic heterocycles. The maximum atomic E-state index is 12.4. The zero-order valence-electron chi connectivity index (χ0n) is 14.3. The van der Waals surface area contributed by atoms with Crippen molar-refractivity contribution >= 4 is 29.1 Å². The Labute approximate surface area is 153 Å². The second-order valence-electron chi connectivity index (χ2n) is 6.92. The molecule has 1 atom stereocenters. The van der Waals surface area contributed by atoms with E-state index in [1.54, 1.807) is 24.3 Å². The molecule has 1 aromatic rings. The fraction of sp³-hybridized carbons (Fsp3) is 0.579. The summed E-state index contributed by atoms with van der Waals surface area (Å²) in [7, 11) is 0. The van der Waals surface area contributed by atoms with Gasteiger partial charge in [0, 0.05) is 35.7 Å². The van der Waals surface area contributed by atoms with Crippen LogP contribution < -0.4 is 10.6 Å². The van der Waals surface area contributed by atoms with E-state index < -0.39 is 0 Å². The number of amides is 2. The van der Waals surface area contributed by atoms with Gasteiger partial charge >= 0.3 is 0 Å². The van der Waals surface area contributed by atoms with Crippen molar-refractivity contribution in [1.82, 2.24) is 5.32 Å². The molecule has 1 heterocycles. The SMILES string of the molecule is O=C(NCC1CCCO1)C1CCC(C(=O)Nc2ccc(Cl)cc2)CC1. The van der Waals surface area contributed by atoms with Gasteiger partial charge in [-0.3, -0.25) is 9.59 Å². The minimum atomic E-state index is -0.0297. The molecule has 25 heavy (non-hydrogen) atoms. The van der Waals surface area contributed by atoms with Crippen LogP contribution in [0.15, 0.2) is 24.3 Å². The van der Waals surface area contributed by atoms with E-state index in [1.165, 1.54) is 0 Å². The number of rotatable bonds is 5. The standard InChI is InChI=1S/C19H25ClN2O3/c20-15-7-9-16(10-8-15)22-19(24)14-5-3-13(4-6-14)18(23)21-12-17-2-1-11-25-17/h7-10,13-14,17H,1-6,11-12H2,(H,21,23)(H,22,24). The second kappa shape index (κ2) is 8.68. The number of nitrogens with one attached hydrogen (secondary N) is 2. The van der Waals surface area contributed by atoms with E-state index in [-0.39, 0.29) is 29.8 Å². The van der Waals surface area contributed by atoms with Crippen molar-refractivity contribution in [2.75, 3.05) is 18.5 Å². The van der Waals surface area contributed by atoms with Gasteiger partial charge in [-0.1, -0.05) is 11.6 Å².